The van der Waals surface area contributed by atoms with E-state index in [1.54, 1.807) is 0 Å². The molecule has 0 spiro atoms. The molecule has 0 aliphatic carbocycles. The molecule has 126 valence electrons. The predicted octanol–water partition coefficient (Wildman–Crippen LogP) is 4.58. The van der Waals surface area contributed by atoms with Crippen LogP contribution in [0.4, 0.5) is 0 Å². The molecule has 0 aromatic heterocycles. The van der Waals surface area contributed by atoms with Crippen LogP contribution in [0.2, 0.25) is 0 Å². The molecule has 1 aliphatic rings. The van der Waals surface area contributed by atoms with Gasteiger partial charge >= 0.3 is 5.97 Å². The lowest BCUT2D eigenvalue weighted by molar-refractivity contribution is -0.145. The zero-order valence-electron chi connectivity index (χ0n) is 13.8. The van der Waals surface area contributed by atoms with Gasteiger partial charge in [0.15, 0.2) is 0 Å². The zero-order valence-corrected chi connectivity index (χ0v) is 14.6. The van der Waals surface area contributed by atoms with Crippen LogP contribution in [-0.4, -0.2) is 37.1 Å². The van der Waals surface area contributed by atoms with E-state index in [0.717, 1.165) is 19.5 Å². The Kier molecular flexibility index (Phi) is 14.5. The average molecular weight is 320 g/mol. The first-order valence-corrected chi connectivity index (χ1v) is 8.71. The number of nitrogens with zero attached hydrogens (tertiary/aromatic N) is 1. The topological polar surface area (TPSA) is 29.5 Å². The number of ether oxygens (including phenoxy) is 1. The fraction of sp³-hybridized carbons (Fsp3) is 0.941. The van der Waals surface area contributed by atoms with Crippen molar-refractivity contribution >= 4 is 18.4 Å². The summed E-state index contributed by atoms with van der Waals surface area (Å²) in [4.78, 5) is 13.9. The van der Waals surface area contributed by atoms with Gasteiger partial charge in [-0.15, -0.1) is 12.4 Å². The second-order valence-electron chi connectivity index (χ2n) is 6.03. The van der Waals surface area contributed by atoms with Crippen LogP contribution in [0, 0.1) is 0 Å². The third kappa shape index (κ3) is 12.0. The number of rotatable bonds is 11. The summed E-state index contributed by atoms with van der Waals surface area (Å²) in [6.07, 6.45) is 14.0. The molecule has 0 aromatic rings. The van der Waals surface area contributed by atoms with Crippen molar-refractivity contribution in [2.24, 2.45) is 0 Å². The Labute approximate surface area is 137 Å². The number of piperidine rings is 1. The van der Waals surface area contributed by atoms with E-state index >= 15 is 0 Å². The molecule has 0 amide bonds. The summed E-state index contributed by atoms with van der Waals surface area (Å²) in [6.45, 7) is 5.48. The molecule has 0 saturated carbocycles. The first kappa shape index (κ1) is 20.7. The molecule has 1 heterocycles. The smallest absolute Gasteiger partial charge is 0.320 e. The van der Waals surface area contributed by atoms with Gasteiger partial charge in [0.2, 0.25) is 0 Å². The van der Waals surface area contributed by atoms with Crippen molar-refractivity contribution in [3.8, 4) is 0 Å². The summed E-state index contributed by atoms with van der Waals surface area (Å²) < 4.78 is 5.31. The zero-order chi connectivity index (χ0) is 14.5. The first-order chi connectivity index (χ1) is 9.83. The normalized spacial score (nSPS) is 15.5. The summed E-state index contributed by atoms with van der Waals surface area (Å²) in [5, 5.41) is 0. The summed E-state index contributed by atoms with van der Waals surface area (Å²) in [7, 11) is 0. The number of esters is 1. The summed E-state index contributed by atoms with van der Waals surface area (Å²) in [5.41, 5.74) is 0. The van der Waals surface area contributed by atoms with E-state index in [4.69, 9.17) is 4.74 Å². The number of halogens is 1. The van der Waals surface area contributed by atoms with Crippen molar-refractivity contribution < 1.29 is 9.53 Å². The molecule has 0 aromatic carbocycles. The molecule has 0 N–H and O–H groups in total. The lowest BCUT2D eigenvalue weighted by Crippen LogP contribution is -2.35. The quantitative estimate of drug-likeness (QED) is 0.412. The second kappa shape index (κ2) is 14.6. The van der Waals surface area contributed by atoms with Crippen LogP contribution in [0.5, 0.6) is 0 Å². The van der Waals surface area contributed by atoms with Gasteiger partial charge in [0, 0.05) is 0 Å². The van der Waals surface area contributed by atoms with Crippen molar-refractivity contribution in [1.82, 2.24) is 4.90 Å². The lowest BCUT2D eigenvalue weighted by atomic mass is 10.1. The highest BCUT2D eigenvalue weighted by atomic mass is 35.5. The highest BCUT2D eigenvalue weighted by Crippen LogP contribution is 2.09. The molecule has 1 aliphatic heterocycles. The number of hydrogen-bond acceptors (Lipinski definition) is 3. The molecule has 0 atom stereocenters. The van der Waals surface area contributed by atoms with E-state index in [0.29, 0.717) is 13.2 Å². The Morgan fingerprint density at radius 3 is 2.10 bits per heavy atom. The molecule has 4 heteroatoms. The molecule has 0 radical (unpaired) electrons. The molecule has 1 rings (SSSR count). The maximum atomic E-state index is 11.7. The molecule has 0 bridgehead atoms. The van der Waals surface area contributed by atoms with E-state index < -0.39 is 0 Å². The van der Waals surface area contributed by atoms with Gasteiger partial charge < -0.3 is 4.74 Å². The van der Waals surface area contributed by atoms with Gasteiger partial charge in [-0.1, -0.05) is 58.3 Å². The van der Waals surface area contributed by atoms with Gasteiger partial charge in [-0.2, -0.15) is 0 Å². The standard InChI is InChI=1S/C17H33NO2.ClH/c1-2-3-4-5-6-7-8-12-15-20-17(19)16-18-13-10-9-11-14-18;/h2-16H2,1H3;1H. The number of carbonyl (C=O) groups excluding carboxylic acids is 1. The second-order valence-corrected chi connectivity index (χ2v) is 6.03. The van der Waals surface area contributed by atoms with Crippen LogP contribution in [0.3, 0.4) is 0 Å². The van der Waals surface area contributed by atoms with Gasteiger partial charge in [-0.05, 0) is 32.4 Å². The predicted molar refractivity (Wildman–Crippen MR) is 91.1 cm³/mol. The van der Waals surface area contributed by atoms with Crippen LogP contribution in [-0.2, 0) is 9.53 Å². The molecule has 3 nitrogen and oxygen atoms in total. The van der Waals surface area contributed by atoms with Crippen LogP contribution >= 0.6 is 12.4 Å². The minimum atomic E-state index is -0.0326. The Morgan fingerprint density at radius 2 is 1.48 bits per heavy atom. The lowest BCUT2D eigenvalue weighted by Gasteiger charge is -2.25. The Hall–Kier alpha value is -0.280. The third-order valence-electron chi connectivity index (χ3n) is 4.06. The van der Waals surface area contributed by atoms with Crippen LogP contribution in [0.25, 0.3) is 0 Å². The van der Waals surface area contributed by atoms with Crippen molar-refractivity contribution in [3.05, 3.63) is 0 Å². The largest absolute Gasteiger partial charge is 0.465 e. The highest BCUT2D eigenvalue weighted by Gasteiger charge is 2.14. The number of carbonyl (C=O) groups is 1. The average Bonchev–Trinajstić information content (AvgIpc) is 2.46. The van der Waals surface area contributed by atoms with Crippen molar-refractivity contribution in [2.75, 3.05) is 26.2 Å². The van der Waals surface area contributed by atoms with Crippen LogP contribution < -0.4 is 0 Å². The van der Waals surface area contributed by atoms with Gasteiger partial charge in [0.1, 0.15) is 0 Å². The molecular formula is C17H34ClNO2. The van der Waals surface area contributed by atoms with Crippen molar-refractivity contribution in [2.45, 2.75) is 77.6 Å². The Bertz CT molecular complexity index is 243. The molecular weight excluding hydrogens is 286 g/mol. The maximum absolute atomic E-state index is 11.7. The number of hydrogen-bond donors (Lipinski definition) is 0. The van der Waals surface area contributed by atoms with Crippen molar-refractivity contribution in [3.63, 3.8) is 0 Å². The molecule has 1 saturated heterocycles. The minimum absolute atomic E-state index is 0. The van der Waals surface area contributed by atoms with Gasteiger partial charge in [-0.3, -0.25) is 9.69 Å². The summed E-state index contributed by atoms with van der Waals surface area (Å²) in [6, 6.07) is 0. The van der Waals surface area contributed by atoms with Gasteiger partial charge in [0.05, 0.1) is 13.2 Å². The summed E-state index contributed by atoms with van der Waals surface area (Å²) in [5.74, 6) is -0.0326. The van der Waals surface area contributed by atoms with Crippen LogP contribution in [0.1, 0.15) is 77.6 Å². The fourth-order valence-corrected chi connectivity index (χ4v) is 2.77. The van der Waals surface area contributed by atoms with Crippen molar-refractivity contribution in [1.29, 1.82) is 0 Å². The Balaban J connectivity index is 0.00000400. The minimum Gasteiger partial charge on any atom is -0.465 e. The van der Waals surface area contributed by atoms with Crippen LogP contribution in [0.15, 0.2) is 0 Å². The number of unbranched alkanes of at least 4 members (excludes halogenated alkanes) is 7. The Morgan fingerprint density at radius 1 is 0.905 bits per heavy atom. The van der Waals surface area contributed by atoms with E-state index in [9.17, 15) is 4.79 Å². The van der Waals surface area contributed by atoms with Gasteiger partial charge in [0.25, 0.3) is 0 Å². The number of likely N-dealkylation sites (tertiary alicyclic amines) is 1. The van der Waals surface area contributed by atoms with E-state index in [2.05, 4.69) is 11.8 Å². The summed E-state index contributed by atoms with van der Waals surface area (Å²) >= 11 is 0. The molecule has 21 heavy (non-hydrogen) atoms. The van der Waals surface area contributed by atoms with Gasteiger partial charge in [-0.25, -0.2) is 0 Å². The SMILES string of the molecule is CCCCCCCCCCOC(=O)CN1CCCCC1.Cl. The highest BCUT2D eigenvalue weighted by molar-refractivity contribution is 5.85. The fourth-order valence-electron chi connectivity index (χ4n) is 2.77. The first-order valence-electron chi connectivity index (χ1n) is 8.71. The van der Waals surface area contributed by atoms with E-state index in [1.165, 1.54) is 64.2 Å². The molecule has 1 fully saturated rings. The monoisotopic (exact) mass is 319 g/mol. The molecule has 0 unspecified atom stereocenters. The van der Waals surface area contributed by atoms with E-state index in [1.807, 2.05) is 0 Å². The maximum Gasteiger partial charge on any atom is 0.320 e. The van der Waals surface area contributed by atoms with E-state index in [-0.39, 0.29) is 18.4 Å². The third-order valence-corrected chi connectivity index (χ3v) is 4.06.